The number of nitrogens with zero attached hydrogens (tertiary/aromatic N) is 12. The molecule has 4 unspecified atom stereocenters. The van der Waals surface area contributed by atoms with Crippen molar-refractivity contribution in [2.45, 2.75) is 51.9 Å². The monoisotopic (exact) mass is 1600 g/mol. The summed E-state index contributed by atoms with van der Waals surface area (Å²) in [6.45, 7) is 6.21. The third-order valence-electron chi connectivity index (χ3n) is 16.8. The highest BCUT2D eigenvalue weighted by Crippen LogP contribution is 2.33. The largest absolute Gasteiger partial charge is 0.461 e. The summed E-state index contributed by atoms with van der Waals surface area (Å²) >= 11 is 2.94. The zero-order chi connectivity index (χ0) is 80.4. The molecule has 4 atom stereocenters. The summed E-state index contributed by atoms with van der Waals surface area (Å²) in [5, 5.41) is 45.3. The number of anilines is 4. The fourth-order valence-electron chi connectivity index (χ4n) is 11.2. The van der Waals surface area contributed by atoms with E-state index in [2.05, 4.69) is 62.3 Å². The second-order valence-electron chi connectivity index (χ2n) is 24.4. The molecule has 0 fully saturated rings. The summed E-state index contributed by atoms with van der Waals surface area (Å²) in [4.78, 5) is 51.1. The van der Waals surface area contributed by atoms with Crippen LogP contribution in [0, 0.1) is 58.2 Å². The van der Waals surface area contributed by atoms with Gasteiger partial charge in [0.25, 0.3) is 23.6 Å². The number of carbonyl (C=O) groups is 4. The number of nitrogens with one attached hydrogen (secondary N) is 4. The van der Waals surface area contributed by atoms with Crippen LogP contribution in [-0.2, 0) is 0 Å². The molecule has 12 aromatic heterocycles. The molecule has 0 saturated heterocycles. The lowest BCUT2D eigenvalue weighted by Crippen LogP contribution is -2.13. The van der Waals surface area contributed by atoms with Crippen LogP contribution in [0.1, 0.15) is 116 Å². The predicted octanol–water partition coefficient (Wildman–Crippen LogP) is 18.3. The van der Waals surface area contributed by atoms with E-state index < -0.39 is 106 Å². The zero-order valence-electron chi connectivity index (χ0n) is 59.0. The highest BCUT2D eigenvalue weighted by molar-refractivity contribution is 7.13. The topological polar surface area (TPSA) is 318 Å². The van der Waals surface area contributed by atoms with Crippen LogP contribution in [0.5, 0.6) is 0 Å². The van der Waals surface area contributed by atoms with Gasteiger partial charge in [-0.2, -0.15) is 20.4 Å². The molecule has 0 saturated carbocycles. The van der Waals surface area contributed by atoms with E-state index in [0.29, 0.717) is 58.7 Å². The van der Waals surface area contributed by atoms with E-state index in [1.807, 2.05) is 35.0 Å². The Morgan fingerprint density at radius 1 is 0.333 bits per heavy atom. The molecule has 4 amide bonds. The number of rotatable bonds is 20. The van der Waals surface area contributed by atoms with Crippen LogP contribution in [0.15, 0.2) is 233 Å². The van der Waals surface area contributed by atoms with E-state index in [-0.39, 0.29) is 67.9 Å². The van der Waals surface area contributed by atoms with E-state index in [9.17, 15) is 63.1 Å². The smallest absolute Gasteiger partial charge is 0.277 e. The molecule has 4 N–H and O–H groups in total. The summed E-state index contributed by atoms with van der Waals surface area (Å²) in [7, 11) is 0. The minimum atomic E-state index is -1.02. The molecule has 0 aliphatic heterocycles. The van der Waals surface area contributed by atoms with Crippen molar-refractivity contribution in [3.05, 3.63) is 310 Å². The maximum absolute atomic E-state index is 14.0. The molecular formula is C76H54F10N16O10S2. The van der Waals surface area contributed by atoms with Gasteiger partial charge >= 0.3 is 0 Å². The molecule has 0 aliphatic rings. The first-order chi connectivity index (χ1) is 54.9. The summed E-state index contributed by atoms with van der Waals surface area (Å²) in [5.41, 5.74) is 0.651. The van der Waals surface area contributed by atoms with Crippen LogP contribution in [0.4, 0.5) is 66.7 Å². The van der Waals surface area contributed by atoms with Gasteiger partial charge in [0.05, 0.1) is 94.0 Å². The van der Waals surface area contributed by atoms with Crippen molar-refractivity contribution in [1.82, 2.24) is 59.7 Å². The lowest BCUT2D eigenvalue weighted by molar-refractivity contribution is 0.101. The molecule has 114 heavy (non-hydrogen) atoms. The normalized spacial score (nSPS) is 12.1. The number of aromatic nitrogens is 12. The number of furan rings is 2. The molecule has 0 radical (unpaired) electrons. The fraction of sp³-hybridized carbons (Fsp3) is 0.105. The molecule has 12 heterocycles. The maximum Gasteiger partial charge on any atom is 0.277 e. The minimum absolute atomic E-state index is 0.00724. The van der Waals surface area contributed by atoms with E-state index in [4.69, 9.17) is 26.9 Å². The molecule has 26 nitrogen and oxygen atoms in total. The van der Waals surface area contributed by atoms with Gasteiger partial charge in [-0.3, -0.25) is 37.9 Å². The third kappa shape index (κ3) is 17.9. The van der Waals surface area contributed by atoms with Crippen molar-refractivity contribution < 1.29 is 90.0 Å². The van der Waals surface area contributed by atoms with Gasteiger partial charge in [-0.25, -0.2) is 43.9 Å². The molecule has 0 aliphatic carbocycles. The number of halogens is 10. The molecular weight excluding hydrogens is 1550 g/mol. The van der Waals surface area contributed by atoms with Gasteiger partial charge in [0, 0.05) is 95.6 Å². The van der Waals surface area contributed by atoms with Gasteiger partial charge in [-0.05, 0) is 99.1 Å². The van der Waals surface area contributed by atoms with Crippen LogP contribution >= 0.6 is 22.7 Å². The Kier molecular flexibility index (Phi) is 23.4. The number of carbonyl (C=O) groups excluding carboxylic acids is 4. The highest BCUT2D eigenvalue weighted by atomic mass is 32.1. The van der Waals surface area contributed by atoms with Crippen LogP contribution in [0.2, 0.25) is 0 Å². The second-order valence-corrected chi connectivity index (χ2v) is 26.3. The van der Waals surface area contributed by atoms with Gasteiger partial charge in [-0.15, -0.1) is 22.7 Å². The number of thiophene rings is 2. The van der Waals surface area contributed by atoms with Crippen LogP contribution in [0.25, 0.3) is 44.3 Å². The van der Waals surface area contributed by atoms with E-state index >= 15 is 0 Å². The Labute approximate surface area is 642 Å². The van der Waals surface area contributed by atoms with Gasteiger partial charge in [0.15, 0.2) is 45.8 Å². The van der Waals surface area contributed by atoms with E-state index in [0.717, 1.165) is 9.75 Å². The van der Waals surface area contributed by atoms with Crippen molar-refractivity contribution in [3.63, 3.8) is 0 Å². The van der Waals surface area contributed by atoms with Crippen molar-refractivity contribution in [1.29, 1.82) is 0 Å². The van der Waals surface area contributed by atoms with Crippen molar-refractivity contribution >= 4 is 69.1 Å². The molecule has 580 valence electrons. The van der Waals surface area contributed by atoms with Crippen molar-refractivity contribution in [2.24, 2.45) is 0 Å². The Morgan fingerprint density at radius 2 is 0.605 bits per heavy atom. The van der Waals surface area contributed by atoms with Gasteiger partial charge in [-0.1, -0.05) is 44.9 Å². The number of benzene rings is 4. The minimum Gasteiger partial charge on any atom is -0.461 e. The average Bonchev–Trinajstić information content (AvgIpc) is 0.799. The predicted molar refractivity (Wildman–Crippen MR) is 389 cm³/mol. The third-order valence-corrected chi connectivity index (χ3v) is 18.6. The van der Waals surface area contributed by atoms with Crippen molar-refractivity contribution in [3.8, 4) is 44.3 Å². The fourth-order valence-corrected chi connectivity index (χ4v) is 12.5. The van der Waals surface area contributed by atoms with Crippen LogP contribution in [0.3, 0.4) is 0 Å². The summed E-state index contributed by atoms with van der Waals surface area (Å²) in [6.07, 6.45) is 14.1. The van der Waals surface area contributed by atoms with Crippen LogP contribution in [-0.4, -0.2) is 83.4 Å². The molecule has 38 heteroatoms. The average molecular weight is 1610 g/mol. The lowest BCUT2D eigenvalue weighted by Gasteiger charge is -2.14. The maximum atomic E-state index is 14.0. The quantitative estimate of drug-likeness (QED) is 0.0515. The Bertz CT molecular complexity index is 5580. The molecule has 16 rings (SSSR count). The molecule has 16 aromatic rings. The number of hydrogen-bond acceptors (Lipinski definition) is 20. The Hall–Kier alpha value is -14.3. The second kappa shape index (κ2) is 34.3. The van der Waals surface area contributed by atoms with Gasteiger partial charge in [0.1, 0.15) is 58.2 Å². The van der Waals surface area contributed by atoms with Gasteiger partial charge in [0.2, 0.25) is 11.5 Å². The summed E-state index contributed by atoms with van der Waals surface area (Å²) < 4.78 is 174. The number of hydrogen-bond donors (Lipinski definition) is 4. The zero-order valence-corrected chi connectivity index (χ0v) is 60.6. The molecule has 0 spiro atoms. The standard InChI is InChI=1S/2C19H13F3N4O3.2C19H14F2N4O2S/c2*1-10(18-13(21)5-11(20)6-14(18)22)26-9-12(8-23-26)24-19(27)15-7-17(29-25-15)16-3-2-4-28-16;2*1-11(18-13(20)4-2-5-14(18)21)25-10-12(9-22-25)23-19(26)15-8-16(27-24-15)17-6-3-7-28-17/h2*2-10H,1H3,(H,24,27);2*2-11H,1H3,(H,23,26). The highest BCUT2D eigenvalue weighted by Gasteiger charge is 2.27. The first-order valence-electron chi connectivity index (χ1n) is 33.5. The first kappa shape index (κ1) is 77.8. The summed E-state index contributed by atoms with van der Waals surface area (Å²) in [5.74, 6) is -8.43. The molecule has 4 aromatic carbocycles. The van der Waals surface area contributed by atoms with Crippen LogP contribution < -0.4 is 21.3 Å². The van der Waals surface area contributed by atoms with Crippen molar-refractivity contribution in [2.75, 3.05) is 21.3 Å². The Morgan fingerprint density at radius 3 is 0.868 bits per heavy atom. The van der Waals surface area contributed by atoms with Gasteiger partial charge < -0.3 is 48.2 Å². The first-order valence-corrected chi connectivity index (χ1v) is 35.3. The Balaban J connectivity index is 0.000000133. The van der Waals surface area contributed by atoms with E-state index in [1.165, 1.54) is 166 Å². The molecule has 0 bridgehead atoms. The lowest BCUT2D eigenvalue weighted by atomic mass is 10.1. The SMILES string of the molecule is CC(c1c(F)cc(F)cc1F)n1cc(NC(=O)c2cc(-c3ccco3)on2)cn1.CC(c1c(F)cc(F)cc1F)n1cc(NC(=O)c2cc(-c3ccco3)on2)cn1.CC(c1c(F)cccc1F)n1cc(NC(=O)c2cc(-c3cccs3)on2)cn1.CC(c1c(F)cccc1F)n1cc(NC(=O)c2cc(-c3cccs3)on2)cn1. The summed E-state index contributed by atoms with van der Waals surface area (Å²) in [6, 6.07) is 26.6. The van der Waals surface area contributed by atoms with E-state index in [1.54, 1.807) is 50.2 Å². The number of amides is 4.